The van der Waals surface area contributed by atoms with Gasteiger partial charge in [0.2, 0.25) is 12.7 Å². The molecule has 1 amide bonds. The number of benzene rings is 1. The number of carbonyl (C=O) groups is 1. The summed E-state index contributed by atoms with van der Waals surface area (Å²) in [4.78, 5) is 33.1. The summed E-state index contributed by atoms with van der Waals surface area (Å²) in [5.41, 5.74) is 0.849. The van der Waals surface area contributed by atoms with E-state index < -0.39 is 0 Å². The molecular formula is C19H19N5O5S. The number of aromatic amines is 1. The normalized spacial score (nSPS) is 17.5. The van der Waals surface area contributed by atoms with Crippen molar-refractivity contribution in [1.29, 1.82) is 0 Å². The van der Waals surface area contributed by atoms with E-state index in [0.717, 1.165) is 25.0 Å². The van der Waals surface area contributed by atoms with Crippen LogP contribution >= 0.6 is 11.8 Å². The molecule has 4 heterocycles. The fourth-order valence-corrected chi connectivity index (χ4v) is 4.14. The van der Waals surface area contributed by atoms with Crippen LogP contribution in [0.25, 0.3) is 17.0 Å². The molecule has 1 aromatic carbocycles. The highest BCUT2D eigenvalue weighted by atomic mass is 32.2. The molecule has 156 valence electrons. The first kappa shape index (κ1) is 18.9. The van der Waals surface area contributed by atoms with E-state index in [1.807, 2.05) is 6.07 Å². The third-order valence-corrected chi connectivity index (χ3v) is 5.78. The lowest BCUT2D eigenvalue weighted by Gasteiger charge is -2.11. The number of ether oxygens (including phenoxy) is 3. The van der Waals surface area contributed by atoms with Crippen molar-refractivity contribution in [1.82, 2.24) is 24.9 Å². The van der Waals surface area contributed by atoms with Crippen LogP contribution in [0.2, 0.25) is 0 Å². The molecule has 30 heavy (non-hydrogen) atoms. The number of thioether (sulfide) groups is 1. The van der Waals surface area contributed by atoms with Crippen LogP contribution in [0.3, 0.4) is 0 Å². The Balaban J connectivity index is 1.37. The first-order valence-corrected chi connectivity index (χ1v) is 10.6. The van der Waals surface area contributed by atoms with Gasteiger partial charge >= 0.3 is 0 Å². The van der Waals surface area contributed by atoms with Crippen molar-refractivity contribution >= 4 is 23.3 Å². The van der Waals surface area contributed by atoms with Gasteiger partial charge in [-0.1, -0.05) is 11.8 Å². The monoisotopic (exact) mass is 429 g/mol. The zero-order chi connectivity index (χ0) is 20.5. The summed E-state index contributed by atoms with van der Waals surface area (Å²) in [6, 6.07) is 6.80. The lowest BCUT2D eigenvalue weighted by atomic mass is 10.2. The third kappa shape index (κ3) is 3.85. The van der Waals surface area contributed by atoms with Crippen molar-refractivity contribution in [3.63, 3.8) is 0 Å². The summed E-state index contributed by atoms with van der Waals surface area (Å²) in [5.74, 6) is 1.73. The van der Waals surface area contributed by atoms with Gasteiger partial charge in [-0.15, -0.1) is 0 Å². The second-order valence-electron chi connectivity index (χ2n) is 6.94. The lowest BCUT2D eigenvalue weighted by Crippen LogP contribution is -2.33. The van der Waals surface area contributed by atoms with Crippen LogP contribution in [0.1, 0.15) is 12.8 Å². The molecule has 11 heteroatoms. The summed E-state index contributed by atoms with van der Waals surface area (Å²) in [5, 5.41) is 6.01. The lowest BCUT2D eigenvalue weighted by molar-refractivity contribution is -0.119. The average molecular weight is 429 g/mol. The van der Waals surface area contributed by atoms with Crippen molar-refractivity contribution in [3.05, 3.63) is 34.6 Å². The average Bonchev–Trinajstić information content (AvgIpc) is 3.49. The maximum absolute atomic E-state index is 12.3. The Morgan fingerprint density at radius 1 is 1.27 bits per heavy atom. The fraction of sp³-hybridized carbons (Fsp3) is 0.368. The molecule has 0 bridgehead atoms. The summed E-state index contributed by atoms with van der Waals surface area (Å²) < 4.78 is 17.8. The maximum Gasteiger partial charge on any atom is 0.266 e. The fourth-order valence-electron chi connectivity index (χ4n) is 3.36. The minimum atomic E-state index is -0.295. The molecule has 0 unspecified atom stereocenters. The molecule has 0 spiro atoms. The Morgan fingerprint density at radius 2 is 2.17 bits per heavy atom. The van der Waals surface area contributed by atoms with Crippen molar-refractivity contribution in [2.75, 3.05) is 25.7 Å². The molecule has 0 radical (unpaired) electrons. The number of fused-ring (bicyclic) bond motifs is 2. The minimum Gasteiger partial charge on any atom is -0.454 e. The van der Waals surface area contributed by atoms with Gasteiger partial charge in [-0.2, -0.15) is 0 Å². The van der Waals surface area contributed by atoms with Gasteiger partial charge < -0.3 is 19.5 Å². The van der Waals surface area contributed by atoms with Crippen LogP contribution in [-0.4, -0.2) is 57.3 Å². The van der Waals surface area contributed by atoms with Crippen molar-refractivity contribution in [3.8, 4) is 22.9 Å². The van der Waals surface area contributed by atoms with Gasteiger partial charge in [0.25, 0.3) is 5.56 Å². The molecule has 5 rings (SSSR count). The van der Waals surface area contributed by atoms with E-state index in [4.69, 9.17) is 14.2 Å². The van der Waals surface area contributed by atoms with Crippen molar-refractivity contribution in [2.45, 2.75) is 24.1 Å². The molecule has 2 N–H and O–H groups in total. The molecule has 1 atom stereocenters. The quantitative estimate of drug-likeness (QED) is 0.561. The minimum absolute atomic E-state index is 0.0862. The SMILES string of the molecule is O=C(CSc1nc(-c2ccc3c(c2)OCO3)nc2cc(=O)[nH]n12)NC[C@@H]1CCCO1. The molecule has 2 aliphatic rings. The van der Waals surface area contributed by atoms with Crippen molar-refractivity contribution < 1.29 is 19.0 Å². The Morgan fingerprint density at radius 3 is 3.03 bits per heavy atom. The summed E-state index contributed by atoms with van der Waals surface area (Å²) >= 11 is 1.22. The van der Waals surface area contributed by atoms with Crippen LogP contribution in [-0.2, 0) is 9.53 Å². The maximum atomic E-state index is 12.3. The highest BCUT2D eigenvalue weighted by molar-refractivity contribution is 7.99. The van der Waals surface area contributed by atoms with E-state index in [9.17, 15) is 9.59 Å². The van der Waals surface area contributed by atoms with E-state index in [2.05, 4.69) is 20.4 Å². The van der Waals surface area contributed by atoms with Gasteiger partial charge in [0.05, 0.1) is 11.9 Å². The van der Waals surface area contributed by atoms with Crippen LogP contribution in [0, 0.1) is 0 Å². The van der Waals surface area contributed by atoms with Crippen LogP contribution in [0.4, 0.5) is 0 Å². The molecule has 10 nitrogen and oxygen atoms in total. The summed E-state index contributed by atoms with van der Waals surface area (Å²) in [6.07, 6.45) is 2.07. The molecule has 3 aromatic rings. The second-order valence-corrected chi connectivity index (χ2v) is 7.88. The predicted molar refractivity (Wildman–Crippen MR) is 108 cm³/mol. The zero-order valence-corrected chi connectivity index (χ0v) is 16.7. The van der Waals surface area contributed by atoms with Crippen molar-refractivity contribution in [2.24, 2.45) is 0 Å². The topological polar surface area (TPSA) is 120 Å². The van der Waals surface area contributed by atoms with Gasteiger partial charge in [0, 0.05) is 24.8 Å². The molecule has 2 aromatic heterocycles. The Hall–Kier alpha value is -3.05. The third-order valence-electron chi connectivity index (χ3n) is 4.84. The Bertz CT molecular complexity index is 1150. The first-order valence-electron chi connectivity index (χ1n) is 9.57. The molecule has 1 fully saturated rings. The van der Waals surface area contributed by atoms with Crippen LogP contribution < -0.4 is 20.3 Å². The van der Waals surface area contributed by atoms with Crippen LogP contribution in [0.5, 0.6) is 11.5 Å². The highest BCUT2D eigenvalue weighted by Crippen LogP contribution is 2.35. The smallest absolute Gasteiger partial charge is 0.266 e. The van der Waals surface area contributed by atoms with Gasteiger partial charge in [-0.05, 0) is 31.0 Å². The van der Waals surface area contributed by atoms with E-state index in [1.165, 1.54) is 22.3 Å². The number of nitrogens with one attached hydrogen (secondary N) is 2. The number of nitrogens with zero attached hydrogens (tertiary/aromatic N) is 3. The summed E-state index contributed by atoms with van der Waals surface area (Å²) in [6.45, 7) is 1.42. The van der Waals surface area contributed by atoms with Gasteiger partial charge in [-0.3, -0.25) is 14.7 Å². The van der Waals surface area contributed by atoms with E-state index >= 15 is 0 Å². The number of hydrogen-bond acceptors (Lipinski definition) is 8. The predicted octanol–water partition coefficient (Wildman–Crippen LogP) is 1.20. The Kier molecular flexibility index (Phi) is 5.05. The number of aromatic nitrogens is 4. The van der Waals surface area contributed by atoms with E-state index in [1.54, 1.807) is 12.1 Å². The van der Waals surface area contributed by atoms with Gasteiger partial charge in [0.1, 0.15) is 0 Å². The summed E-state index contributed by atoms with van der Waals surface area (Å²) in [7, 11) is 0. The Labute approximate surface area is 174 Å². The molecule has 1 saturated heterocycles. The number of rotatable bonds is 6. The van der Waals surface area contributed by atoms with Gasteiger partial charge in [0.15, 0.2) is 28.1 Å². The number of hydrogen-bond donors (Lipinski definition) is 2. The molecule has 0 saturated carbocycles. The van der Waals surface area contributed by atoms with Gasteiger partial charge in [-0.25, -0.2) is 14.5 Å². The second kappa shape index (κ2) is 8.00. The van der Waals surface area contributed by atoms with E-state index in [-0.39, 0.29) is 30.1 Å². The van der Waals surface area contributed by atoms with E-state index in [0.29, 0.717) is 34.7 Å². The molecule has 0 aliphatic carbocycles. The van der Waals surface area contributed by atoms with Crippen LogP contribution in [0.15, 0.2) is 34.2 Å². The standard InChI is InChI=1S/C19H19N5O5S/c25-16-7-15-21-18(11-3-4-13-14(6-11)29-10-28-13)22-19(24(15)23-16)30-9-17(26)20-8-12-2-1-5-27-12/h3-4,6-7,12H,1-2,5,8-10H2,(H,20,26)(H,23,25)/t12-/m0/s1. The number of amides is 1. The molecular weight excluding hydrogens is 410 g/mol. The first-order chi connectivity index (χ1) is 14.7. The largest absolute Gasteiger partial charge is 0.454 e. The number of H-pyrrole nitrogens is 1. The highest BCUT2D eigenvalue weighted by Gasteiger charge is 2.19. The number of carbonyl (C=O) groups excluding carboxylic acids is 1. The molecule has 2 aliphatic heterocycles. The zero-order valence-electron chi connectivity index (χ0n) is 15.9.